The van der Waals surface area contributed by atoms with E-state index in [0.29, 0.717) is 15.8 Å². The topological polar surface area (TPSA) is 41.1 Å². The van der Waals surface area contributed by atoms with Crippen LogP contribution < -0.4 is 10.6 Å². The van der Waals surface area contributed by atoms with Gasteiger partial charge in [-0.25, -0.2) is 8.78 Å². The van der Waals surface area contributed by atoms with Crippen LogP contribution in [0.1, 0.15) is 0 Å². The summed E-state index contributed by atoms with van der Waals surface area (Å²) in [7, 11) is 0. The maximum absolute atomic E-state index is 13.0. The van der Waals surface area contributed by atoms with Crippen molar-refractivity contribution >= 4 is 33.2 Å². The number of rotatable bonds is 4. The van der Waals surface area contributed by atoms with E-state index in [2.05, 4.69) is 26.6 Å². The van der Waals surface area contributed by atoms with Gasteiger partial charge in [0.05, 0.1) is 6.54 Å². The quantitative estimate of drug-likeness (QED) is 0.889. The average Bonchev–Trinajstić information content (AvgIpc) is 2.37. The molecule has 1 amide bonds. The molecule has 3 nitrogen and oxygen atoms in total. The minimum Gasteiger partial charge on any atom is -0.375 e. The van der Waals surface area contributed by atoms with Gasteiger partial charge < -0.3 is 10.6 Å². The Kier molecular flexibility index (Phi) is 4.68. The first-order chi connectivity index (χ1) is 9.54. The van der Waals surface area contributed by atoms with Crippen molar-refractivity contribution in [1.82, 2.24) is 0 Å². The summed E-state index contributed by atoms with van der Waals surface area (Å²) in [5.41, 5.74) is 0.982. The molecule has 2 aromatic rings. The Hall–Kier alpha value is -1.95. The molecule has 2 N–H and O–H groups in total. The van der Waals surface area contributed by atoms with E-state index in [4.69, 9.17) is 0 Å². The molecule has 0 fully saturated rings. The normalized spacial score (nSPS) is 10.2. The highest BCUT2D eigenvalue weighted by Crippen LogP contribution is 2.22. The van der Waals surface area contributed by atoms with E-state index >= 15 is 0 Å². The van der Waals surface area contributed by atoms with Crippen LogP contribution in [0.3, 0.4) is 0 Å². The number of amides is 1. The van der Waals surface area contributed by atoms with Gasteiger partial charge in [0.2, 0.25) is 5.91 Å². The molecule has 0 radical (unpaired) electrons. The number of benzene rings is 2. The fraction of sp³-hybridized carbons (Fsp3) is 0.0714. The van der Waals surface area contributed by atoms with E-state index in [1.54, 1.807) is 6.07 Å². The molecule has 0 aromatic heterocycles. The highest BCUT2D eigenvalue weighted by molar-refractivity contribution is 9.10. The Labute approximate surface area is 123 Å². The zero-order valence-electron chi connectivity index (χ0n) is 10.3. The van der Waals surface area contributed by atoms with Crippen LogP contribution in [0.2, 0.25) is 0 Å². The van der Waals surface area contributed by atoms with E-state index in [0.717, 1.165) is 0 Å². The molecule has 0 spiro atoms. The third kappa shape index (κ3) is 4.03. The molecule has 0 atom stereocenters. The maximum Gasteiger partial charge on any atom is 0.243 e. The van der Waals surface area contributed by atoms with E-state index in [1.807, 2.05) is 0 Å². The average molecular weight is 341 g/mol. The molecule has 6 heteroatoms. The molecule has 2 aromatic carbocycles. The Morgan fingerprint density at radius 2 is 1.85 bits per heavy atom. The van der Waals surface area contributed by atoms with Crippen LogP contribution in [0.25, 0.3) is 0 Å². The Morgan fingerprint density at radius 1 is 1.10 bits per heavy atom. The zero-order valence-corrected chi connectivity index (χ0v) is 11.9. The SMILES string of the molecule is O=C(CNc1ccc(F)cc1Br)Nc1cccc(F)c1. The van der Waals surface area contributed by atoms with Crippen LogP contribution in [-0.4, -0.2) is 12.5 Å². The number of hydrogen-bond acceptors (Lipinski definition) is 2. The largest absolute Gasteiger partial charge is 0.375 e. The first kappa shape index (κ1) is 14.5. The van der Waals surface area contributed by atoms with Crippen LogP contribution in [0.5, 0.6) is 0 Å². The van der Waals surface area contributed by atoms with Crippen LogP contribution in [-0.2, 0) is 4.79 Å². The fourth-order valence-corrected chi connectivity index (χ4v) is 2.07. The summed E-state index contributed by atoms with van der Waals surface area (Å²) in [5, 5.41) is 5.41. The van der Waals surface area contributed by atoms with E-state index in [-0.39, 0.29) is 18.3 Å². The monoisotopic (exact) mass is 340 g/mol. The van der Waals surface area contributed by atoms with Crippen LogP contribution in [0, 0.1) is 11.6 Å². The first-order valence-electron chi connectivity index (χ1n) is 5.79. The van der Waals surface area contributed by atoms with E-state index in [9.17, 15) is 13.6 Å². The third-order valence-electron chi connectivity index (χ3n) is 2.48. The van der Waals surface area contributed by atoms with Crippen LogP contribution in [0.15, 0.2) is 46.9 Å². The van der Waals surface area contributed by atoms with Gasteiger partial charge in [-0.05, 0) is 52.3 Å². The molecule has 0 aliphatic rings. The van der Waals surface area contributed by atoms with Gasteiger partial charge in [0.1, 0.15) is 11.6 Å². The number of halogens is 3. The molecule has 0 saturated carbocycles. The summed E-state index contributed by atoms with van der Waals surface area (Å²) in [4.78, 5) is 11.7. The second-order valence-electron chi connectivity index (χ2n) is 4.04. The summed E-state index contributed by atoms with van der Waals surface area (Å²) in [6.07, 6.45) is 0. The Morgan fingerprint density at radius 3 is 2.55 bits per heavy atom. The Bertz CT molecular complexity index is 634. The summed E-state index contributed by atoms with van der Waals surface area (Å²) < 4.78 is 26.4. The number of anilines is 2. The van der Waals surface area contributed by atoms with Gasteiger partial charge in [-0.15, -0.1) is 0 Å². The lowest BCUT2D eigenvalue weighted by Crippen LogP contribution is -2.21. The number of carbonyl (C=O) groups excluding carboxylic acids is 1. The van der Waals surface area contributed by atoms with Crippen molar-refractivity contribution in [2.45, 2.75) is 0 Å². The van der Waals surface area contributed by atoms with Gasteiger partial charge in [-0.3, -0.25) is 4.79 Å². The minimum atomic E-state index is -0.419. The molecule has 0 saturated heterocycles. The van der Waals surface area contributed by atoms with Gasteiger partial charge in [-0.1, -0.05) is 6.07 Å². The summed E-state index contributed by atoms with van der Waals surface area (Å²) in [5.74, 6) is -1.12. The highest BCUT2D eigenvalue weighted by atomic mass is 79.9. The van der Waals surface area contributed by atoms with Crippen molar-refractivity contribution in [2.75, 3.05) is 17.2 Å². The molecule has 0 heterocycles. The van der Waals surface area contributed by atoms with Crippen LogP contribution in [0.4, 0.5) is 20.2 Å². The lowest BCUT2D eigenvalue weighted by molar-refractivity contribution is -0.114. The molecule has 0 bridgehead atoms. The lowest BCUT2D eigenvalue weighted by atomic mass is 10.3. The smallest absolute Gasteiger partial charge is 0.243 e. The highest BCUT2D eigenvalue weighted by Gasteiger charge is 2.05. The number of hydrogen-bond donors (Lipinski definition) is 2. The summed E-state index contributed by atoms with van der Waals surface area (Å²) >= 11 is 3.19. The Balaban J connectivity index is 1.92. The summed E-state index contributed by atoms with van der Waals surface area (Å²) in [6, 6.07) is 9.73. The minimum absolute atomic E-state index is 0.0131. The fourth-order valence-electron chi connectivity index (χ4n) is 1.58. The molecule has 104 valence electrons. The predicted octanol–water partition coefficient (Wildman–Crippen LogP) is 3.78. The van der Waals surface area contributed by atoms with Gasteiger partial charge in [0.25, 0.3) is 0 Å². The van der Waals surface area contributed by atoms with Crippen molar-refractivity contribution in [2.24, 2.45) is 0 Å². The standard InChI is InChI=1S/C14H11BrF2N2O/c15-12-7-10(17)4-5-13(12)18-8-14(20)19-11-3-1-2-9(16)6-11/h1-7,18H,8H2,(H,19,20). The maximum atomic E-state index is 13.0. The summed E-state index contributed by atoms with van der Waals surface area (Å²) in [6.45, 7) is -0.0131. The molecular formula is C14H11BrF2N2O. The molecule has 20 heavy (non-hydrogen) atoms. The molecule has 2 rings (SSSR count). The predicted molar refractivity (Wildman–Crippen MR) is 77.6 cm³/mol. The van der Waals surface area contributed by atoms with Gasteiger partial charge >= 0.3 is 0 Å². The molecule has 0 aliphatic heterocycles. The van der Waals surface area contributed by atoms with Gasteiger partial charge in [0.15, 0.2) is 0 Å². The number of nitrogens with one attached hydrogen (secondary N) is 2. The van der Waals surface area contributed by atoms with Crippen molar-refractivity contribution in [3.05, 3.63) is 58.6 Å². The second-order valence-corrected chi connectivity index (χ2v) is 4.89. The lowest BCUT2D eigenvalue weighted by Gasteiger charge is -2.09. The third-order valence-corrected chi connectivity index (χ3v) is 3.13. The second kappa shape index (κ2) is 6.47. The zero-order chi connectivity index (χ0) is 14.5. The first-order valence-corrected chi connectivity index (χ1v) is 6.58. The molecule has 0 unspecified atom stereocenters. The van der Waals surface area contributed by atoms with Crippen LogP contribution >= 0.6 is 15.9 Å². The van der Waals surface area contributed by atoms with Crippen molar-refractivity contribution in [3.63, 3.8) is 0 Å². The molecule has 0 aliphatic carbocycles. The van der Waals surface area contributed by atoms with Crippen molar-refractivity contribution in [3.8, 4) is 0 Å². The van der Waals surface area contributed by atoms with E-state index in [1.165, 1.54) is 36.4 Å². The van der Waals surface area contributed by atoms with Crippen molar-refractivity contribution < 1.29 is 13.6 Å². The molecular weight excluding hydrogens is 330 g/mol. The number of carbonyl (C=O) groups is 1. The van der Waals surface area contributed by atoms with Gasteiger partial charge in [-0.2, -0.15) is 0 Å². The van der Waals surface area contributed by atoms with E-state index < -0.39 is 5.82 Å². The van der Waals surface area contributed by atoms with Gasteiger partial charge in [0, 0.05) is 15.8 Å². The van der Waals surface area contributed by atoms with Crippen molar-refractivity contribution in [1.29, 1.82) is 0 Å².